The largest absolute Gasteiger partial charge is 0.243 e. The summed E-state index contributed by atoms with van der Waals surface area (Å²) in [6, 6.07) is 18.4. The SMILES string of the molecule is C=CCN(CCc1ccccc1)S(=O)(=O)c1ccccc1. The van der Waals surface area contributed by atoms with E-state index < -0.39 is 10.0 Å². The van der Waals surface area contributed by atoms with Crippen LogP contribution in [0, 0.1) is 0 Å². The third-order valence-electron chi connectivity index (χ3n) is 3.21. The van der Waals surface area contributed by atoms with E-state index in [1.54, 1.807) is 36.4 Å². The van der Waals surface area contributed by atoms with E-state index in [9.17, 15) is 8.42 Å². The third-order valence-corrected chi connectivity index (χ3v) is 5.09. The molecule has 0 aliphatic rings. The van der Waals surface area contributed by atoms with Crippen LogP contribution in [-0.4, -0.2) is 25.8 Å². The standard InChI is InChI=1S/C17H19NO2S/c1-2-14-18(15-13-16-9-5-3-6-10-16)21(19,20)17-11-7-4-8-12-17/h2-12H,1,13-15H2. The average molecular weight is 301 g/mol. The molecule has 2 aromatic rings. The zero-order valence-corrected chi connectivity index (χ0v) is 12.7. The second-order valence-corrected chi connectivity index (χ2v) is 6.64. The fourth-order valence-electron chi connectivity index (χ4n) is 2.09. The molecule has 0 spiro atoms. The number of hydrogen-bond donors (Lipinski definition) is 0. The predicted molar refractivity (Wildman–Crippen MR) is 85.5 cm³/mol. The van der Waals surface area contributed by atoms with E-state index in [1.807, 2.05) is 30.3 Å². The van der Waals surface area contributed by atoms with E-state index in [0.29, 0.717) is 24.4 Å². The number of nitrogens with zero attached hydrogens (tertiary/aromatic N) is 1. The van der Waals surface area contributed by atoms with Crippen LogP contribution in [0.5, 0.6) is 0 Å². The molecule has 0 N–H and O–H groups in total. The zero-order chi connectivity index (χ0) is 15.1. The van der Waals surface area contributed by atoms with Crippen LogP contribution in [0.1, 0.15) is 5.56 Å². The molecule has 110 valence electrons. The van der Waals surface area contributed by atoms with Crippen molar-refractivity contribution in [3.63, 3.8) is 0 Å². The average Bonchev–Trinajstić information content (AvgIpc) is 2.53. The number of hydrogen-bond acceptors (Lipinski definition) is 2. The van der Waals surface area contributed by atoms with E-state index in [2.05, 4.69) is 6.58 Å². The Morgan fingerprint density at radius 1 is 0.952 bits per heavy atom. The van der Waals surface area contributed by atoms with E-state index in [4.69, 9.17) is 0 Å². The van der Waals surface area contributed by atoms with E-state index >= 15 is 0 Å². The van der Waals surface area contributed by atoms with Gasteiger partial charge in [-0.15, -0.1) is 6.58 Å². The van der Waals surface area contributed by atoms with E-state index in [1.165, 1.54) is 4.31 Å². The van der Waals surface area contributed by atoms with Gasteiger partial charge in [0.05, 0.1) is 4.90 Å². The molecule has 0 unspecified atom stereocenters. The molecule has 0 aliphatic heterocycles. The van der Waals surface area contributed by atoms with Gasteiger partial charge in [0, 0.05) is 13.1 Å². The summed E-state index contributed by atoms with van der Waals surface area (Å²) < 4.78 is 26.7. The molecule has 0 radical (unpaired) electrons. The molecule has 0 aliphatic carbocycles. The van der Waals surface area contributed by atoms with Crippen LogP contribution in [0.4, 0.5) is 0 Å². The second kappa shape index (κ2) is 7.20. The minimum atomic E-state index is -3.47. The van der Waals surface area contributed by atoms with Gasteiger partial charge in [-0.2, -0.15) is 4.31 Å². The van der Waals surface area contributed by atoms with E-state index in [-0.39, 0.29) is 0 Å². The molecule has 0 saturated heterocycles. The van der Waals surface area contributed by atoms with Crippen LogP contribution in [0.15, 0.2) is 78.2 Å². The highest BCUT2D eigenvalue weighted by atomic mass is 32.2. The van der Waals surface area contributed by atoms with Gasteiger partial charge in [-0.25, -0.2) is 8.42 Å². The summed E-state index contributed by atoms with van der Waals surface area (Å²) in [5, 5.41) is 0. The van der Waals surface area contributed by atoms with Gasteiger partial charge in [0.2, 0.25) is 10.0 Å². The van der Waals surface area contributed by atoms with Gasteiger partial charge in [0.25, 0.3) is 0 Å². The third kappa shape index (κ3) is 4.03. The van der Waals surface area contributed by atoms with Crippen LogP contribution < -0.4 is 0 Å². The molecule has 0 amide bonds. The lowest BCUT2D eigenvalue weighted by Crippen LogP contribution is -2.33. The van der Waals surface area contributed by atoms with Gasteiger partial charge in [0.1, 0.15) is 0 Å². The highest BCUT2D eigenvalue weighted by molar-refractivity contribution is 7.89. The molecule has 3 nitrogen and oxygen atoms in total. The molecule has 0 heterocycles. The van der Waals surface area contributed by atoms with Gasteiger partial charge >= 0.3 is 0 Å². The predicted octanol–water partition coefficient (Wildman–Crippen LogP) is 3.11. The molecule has 2 rings (SSSR count). The Kier molecular flexibility index (Phi) is 5.31. The van der Waals surface area contributed by atoms with Crippen LogP contribution >= 0.6 is 0 Å². The Morgan fingerprint density at radius 3 is 2.10 bits per heavy atom. The van der Waals surface area contributed by atoms with Crippen LogP contribution in [0.25, 0.3) is 0 Å². The van der Waals surface area contributed by atoms with E-state index in [0.717, 1.165) is 5.56 Å². The Balaban J connectivity index is 2.17. The normalized spacial score (nSPS) is 11.5. The molecule has 0 atom stereocenters. The number of sulfonamides is 1. The van der Waals surface area contributed by atoms with Gasteiger partial charge < -0.3 is 0 Å². The fourth-order valence-corrected chi connectivity index (χ4v) is 3.53. The summed E-state index contributed by atoms with van der Waals surface area (Å²) in [5.74, 6) is 0. The van der Waals surface area contributed by atoms with Gasteiger partial charge in [-0.1, -0.05) is 54.6 Å². The summed E-state index contributed by atoms with van der Waals surface area (Å²) in [7, 11) is -3.47. The first-order valence-electron chi connectivity index (χ1n) is 6.84. The number of benzene rings is 2. The lowest BCUT2D eigenvalue weighted by Gasteiger charge is -2.20. The molecular weight excluding hydrogens is 282 g/mol. The molecule has 0 saturated carbocycles. The van der Waals surface area contributed by atoms with Crippen molar-refractivity contribution in [1.82, 2.24) is 4.31 Å². The first-order valence-corrected chi connectivity index (χ1v) is 8.28. The maximum absolute atomic E-state index is 12.6. The Labute approximate surface area is 126 Å². The number of rotatable bonds is 7. The van der Waals surface area contributed by atoms with Crippen molar-refractivity contribution >= 4 is 10.0 Å². The van der Waals surface area contributed by atoms with Crippen molar-refractivity contribution in [3.8, 4) is 0 Å². The quantitative estimate of drug-likeness (QED) is 0.737. The van der Waals surface area contributed by atoms with Crippen molar-refractivity contribution in [2.45, 2.75) is 11.3 Å². The van der Waals surface area contributed by atoms with Gasteiger partial charge in [0.15, 0.2) is 0 Å². The van der Waals surface area contributed by atoms with Crippen LogP contribution in [0.2, 0.25) is 0 Å². The summed E-state index contributed by atoms with van der Waals surface area (Å²) in [6.45, 7) is 4.40. The maximum Gasteiger partial charge on any atom is 0.243 e. The zero-order valence-electron chi connectivity index (χ0n) is 11.9. The summed E-state index contributed by atoms with van der Waals surface area (Å²) in [4.78, 5) is 0.319. The molecule has 4 heteroatoms. The molecule has 21 heavy (non-hydrogen) atoms. The highest BCUT2D eigenvalue weighted by Gasteiger charge is 2.22. The van der Waals surface area contributed by atoms with Crippen molar-refractivity contribution in [3.05, 3.63) is 78.9 Å². The summed E-state index contributed by atoms with van der Waals surface area (Å²) in [6.07, 6.45) is 2.30. The second-order valence-electron chi connectivity index (χ2n) is 4.70. The fraction of sp³-hybridized carbons (Fsp3) is 0.176. The molecule has 2 aromatic carbocycles. The van der Waals surface area contributed by atoms with Crippen molar-refractivity contribution in [1.29, 1.82) is 0 Å². The maximum atomic E-state index is 12.6. The Hall–Kier alpha value is -1.91. The molecule has 0 aromatic heterocycles. The monoisotopic (exact) mass is 301 g/mol. The topological polar surface area (TPSA) is 37.4 Å². The Morgan fingerprint density at radius 2 is 1.52 bits per heavy atom. The minimum absolute atomic E-state index is 0.310. The summed E-state index contributed by atoms with van der Waals surface area (Å²) >= 11 is 0. The summed E-state index contributed by atoms with van der Waals surface area (Å²) in [5.41, 5.74) is 1.12. The molecule has 0 fully saturated rings. The smallest absolute Gasteiger partial charge is 0.207 e. The molecule has 0 bridgehead atoms. The van der Waals surface area contributed by atoms with Gasteiger partial charge in [-0.05, 0) is 24.1 Å². The van der Waals surface area contributed by atoms with Crippen molar-refractivity contribution in [2.75, 3.05) is 13.1 Å². The first-order chi connectivity index (χ1) is 10.1. The molecular formula is C17H19NO2S. The highest BCUT2D eigenvalue weighted by Crippen LogP contribution is 2.16. The lowest BCUT2D eigenvalue weighted by atomic mass is 10.1. The van der Waals surface area contributed by atoms with Gasteiger partial charge in [-0.3, -0.25) is 0 Å². The Bertz CT molecular complexity index is 666. The van der Waals surface area contributed by atoms with Crippen molar-refractivity contribution in [2.24, 2.45) is 0 Å². The lowest BCUT2D eigenvalue weighted by molar-refractivity contribution is 0.445. The van der Waals surface area contributed by atoms with Crippen LogP contribution in [0.3, 0.4) is 0 Å². The minimum Gasteiger partial charge on any atom is -0.207 e. The van der Waals surface area contributed by atoms with Crippen molar-refractivity contribution < 1.29 is 8.42 Å². The first kappa shape index (κ1) is 15.5. The van der Waals surface area contributed by atoms with Crippen LogP contribution in [-0.2, 0) is 16.4 Å².